The second-order valence-electron chi connectivity index (χ2n) is 7.46. The SMILES string of the molecule is O=C(NC(c1ccccc1)c1ccccc1)C1CCCN(C(=O)Nc2cccs2)C1. The molecule has 0 saturated carbocycles. The lowest BCUT2D eigenvalue weighted by Gasteiger charge is -2.33. The molecule has 5 nitrogen and oxygen atoms in total. The maximum absolute atomic E-state index is 13.2. The van der Waals surface area contributed by atoms with E-state index in [0.717, 1.165) is 29.0 Å². The van der Waals surface area contributed by atoms with E-state index in [2.05, 4.69) is 10.6 Å². The van der Waals surface area contributed by atoms with Gasteiger partial charge in [0.15, 0.2) is 0 Å². The van der Waals surface area contributed by atoms with Gasteiger partial charge in [-0.05, 0) is 41.5 Å². The van der Waals surface area contributed by atoms with Crippen LogP contribution in [0.15, 0.2) is 78.2 Å². The first kappa shape index (κ1) is 20.2. The van der Waals surface area contributed by atoms with E-state index in [1.54, 1.807) is 4.90 Å². The number of carbonyl (C=O) groups excluding carboxylic acids is 2. The topological polar surface area (TPSA) is 61.4 Å². The number of nitrogens with one attached hydrogen (secondary N) is 2. The van der Waals surface area contributed by atoms with Crippen molar-refractivity contribution in [2.45, 2.75) is 18.9 Å². The zero-order valence-corrected chi connectivity index (χ0v) is 17.5. The molecule has 0 radical (unpaired) electrons. The number of thiophene rings is 1. The van der Waals surface area contributed by atoms with Gasteiger partial charge < -0.3 is 10.2 Å². The molecule has 1 aliphatic heterocycles. The lowest BCUT2D eigenvalue weighted by Crippen LogP contribution is -2.47. The first-order valence-electron chi connectivity index (χ1n) is 10.2. The van der Waals surface area contributed by atoms with Gasteiger partial charge >= 0.3 is 6.03 Å². The Bertz CT molecular complexity index is 921. The molecule has 0 spiro atoms. The van der Waals surface area contributed by atoms with Crippen LogP contribution in [0.3, 0.4) is 0 Å². The van der Waals surface area contributed by atoms with Gasteiger partial charge in [-0.25, -0.2) is 4.79 Å². The molecule has 3 aromatic rings. The van der Waals surface area contributed by atoms with E-state index in [9.17, 15) is 9.59 Å². The number of likely N-dealkylation sites (tertiary alicyclic amines) is 1. The monoisotopic (exact) mass is 419 g/mol. The van der Waals surface area contributed by atoms with Crippen molar-refractivity contribution in [1.82, 2.24) is 10.2 Å². The van der Waals surface area contributed by atoms with Crippen molar-refractivity contribution < 1.29 is 9.59 Å². The average Bonchev–Trinajstić information content (AvgIpc) is 3.31. The lowest BCUT2D eigenvalue weighted by molar-refractivity contribution is -0.126. The molecule has 1 aromatic heterocycles. The van der Waals surface area contributed by atoms with Crippen LogP contribution in [-0.4, -0.2) is 29.9 Å². The first-order valence-corrected chi connectivity index (χ1v) is 11.1. The van der Waals surface area contributed by atoms with E-state index in [-0.39, 0.29) is 23.9 Å². The van der Waals surface area contributed by atoms with Gasteiger partial charge in [0.05, 0.1) is 17.0 Å². The Hall–Kier alpha value is -3.12. The van der Waals surface area contributed by atoms with Crippen LogP contribution in [-0.2, 0) is 4.79 Å². The number of urea groups is 1. The number of hydrogen-bond donors (Lipinski definition) is 2. The molecule has 0 bridgehead atoms. The maximum atomic E-state index is 13.2. The number of piperidine rings is 1. The molecule has 1 atom stereocenters. The van der Waals surface area contributed by atoms with Crippen molar-refractivity contribution in [3.05, 3.63) is 89.3 Å². The normalized spacial score (nSPS) is 16.3. The summed E-state index contributed by atoms with van der Waals surface area (Å²) in [6.07, 6.45) is 1.60. The summed E-state index contributed by atoms with van der Waals surface area (Å²) < 4.78 is 0. The Morgan fingerprint density at radius 1 is 0.933 bits per heavy atom. The first-order chi connectivity index (χ1) is 14.7. The third kappa shape index (κ3) is 4.89. The molecule has 154 valence electrons. The molecule has 1 aliphatic rings. The summed E-state index contributed by atoms with van der Waals surface area (Å²) in [7, 11) is 0. The Morgan fingerprint density at radius 3 is 2.20 bits per heavy atom. The van der Waals surface area contributed by atoms with Crippen LogP contribution in [0.2, 0.25) is 0 Å². The zero-order chi connectivity index (χ0) is 20.8. The van der Waals surface area contributed by atoms with E-state index < -0.39 is 0 Å². The number of hydrogen-bond acceptors (Lipinski definition) is 3. The molecule has 2 aromatic carbocycles. The number of amides is 3. The molecule has 1 saturated heterocycles. The van der Waals surface area contributed by atoms with Crippen molar-refractivity contribution in [3.8, 4) is 0 Å². The Morgan fingerprint density at radius 2 is 1.60 bits per heavy atom. The van der Waals surface area contributed by atoms with Crippen molar-refractivity contribution in [2.75, 3.05) is 18.4 Å². The van der Waals surface area contributed by atoms with Crippen molar-refractivity contribution in [1.29, 1.82) is 0 Å². The van der Waals surface area contributed by atoms with Crippen LogP contribution in [0.5, 0.6) is 0 Å². The van der Waals surface area contributed by atoms with Gasteiger partial charge in [-0.3, -0.25) is 10.1 Å². The molecule has 2 heterocycles. The standard InChI is InChI=1S/C24H25N3O2S/c28-23(20-13-7-15-27(17-20)24(29)25-21-14-8-16-30-21)26-22(18-9-3-1-4-10-18)19-11-5-2-6-12-19/h1-6,8-12,14,16,20,22H,7,13,15,17H2,(H,25,29)(H,26,28). The summed E-state index contributed by atoms with van der Waals surface area (Å²) in [5.41, 5.74) is 2.08. The van der Waals surface area contributed by atoms with E-state index in [1.165, 1.54) is 11.3 Å². The van der Waals surface area contributed by atoms with Crippen LogP contribution in [0.25, 0.3) is 0 Å². The van der Waals surface area contributed by atoms with E-state index in [0.29, 0.717) is 13.1 Å². The van der Waals surface area contributed by atoms with Gasteiger partial charge in [0, 0.05) is 13.1 Å². The third-order valence-corrected chi connectivity index (χ3v) is 6.17. The second kappa shape index (κ2) is 9.59. The highest BCUT2D eigenvalue weighted by Crippen LogP contribution is 2.25. The molecular weight excluding hydrogens is 394 g/mol. The highest BCUT2D eigenvalue weighted by atomic mass is 32.1. The van der Waals surface area contributed by atoms with Gasteiger partial charge in [-0.1, -0.05) is 60.7 Å². The molecule has 1 unspecified atom stereocenters. The van der Waals surface area contributed by atoms with Crippen LogP contribution in [0.4, 0.5) is 9.80 Å². The van der Waals surface area contributed by atoms with Gasteiger partial charge in [-0.2, -0.15) is 0 Å². The summed E-state index contributed by atoms with van der Waals surface area (Å²) >= 11 is 1.49. The number of rotatable bonds is 5. The van der Waals surface area contributed by atoms with Gasteiger partial charge in [0.25, 0.3) is 0 Å². The van der Waals surface area contributed by atoms with Crippen molar-refractivity contribution >= 4 is 28.3 Å². The molecule has 0 aliphatic carbocycles. The van der Waals surface area contributed by atoms with Crippen molar-refractivity contribution in [3.63, 3.8) is 0 Å². The fourth-order valence-corrected chi connectivity index (χ4v) is 4.43. The zero-order valence-electron chi connectivity index (χ0n) is 16.7. The van der Waals surface area contributed by atoms with Crippen LogP contribution in [0, 0.1) is 5.92 Å². The largest absolute Gasteiger partial charge is 0.345 e. The fourth-order valence-electron chi connectivity index (χ4n) is 3.82. The minimum absolute atomic E-state index is 0.0127. The molecule has 3 amide bonds. The molecule has 30 heavy (non-hydrogen) atoms. The summed E-state index contributed by atoms with van der Waals surface area (Å²) in [6.45, 7) is 1.10. The second-order valence-corrected chi connectivity index (χ2v) is 8.40. The van der Waals surface area contributed by atoms with Crippen LogP contribution in [0.1, 0.15) is 30.0 Å². The summed E-state index contributed by atoms with van der Waals surface area (Å²) in [5.74, 6) is -0.232. The number of carbonyl (C=O) groups is 2. The number of benzene rings is 2. The molecular formula is C24H25N3O2S. The summed E-state index contributed by atoms with van der Waals surface area (Å²) in [4.78, 5) is 27.5. The number of anilines is 1. The maximum Gasteiger partial charge on any atom is 0.322 e. The summed E-state index contributed by atoms with van der Waals surface area (Å²) in [6, 6.07) is 23.4. The van der Waals surface area contributed by atoms with Crippen molar-refractivity contribution in [2.24, 2.45) is 5.92 Å². The third-order valence-electron chi connectivity index (χ3n) is 5.38. The predicted molar refractivity (Wildman–Crippen MR) is 121 cm³/mol. The fraction of sp³-hybridized carbons (Fsp3) is 0.250. The predicted octanol–water partition coefficient (Wildman–Crippen LogP) is 4.90. The van der Waals surface area contributed by atoms with Crippen LogP contribution >= 0.6 is 11.3 Å². The summed E-state index contributed by atoms with van der Waals surface area (Å²) in [5, 5.41) is 8.89. The molecule has 4 rings (SSSR count). The van der Waals surface area contributed by atoms with E-state index in [4.69, 9.17) is 0 Å². The van der Waals surface area contributed by atoms with Gasteiger partial charge in [0.1, 0.15) is 0 Å². The van der Waals surface area contributed by atoms with Crippen LogP contribution < -0.4 is 10.6 Å². The van der Waals surface area contributed by atoms with E-state index in [1.807, 2.05) is 78.2 Å². The highest BCUT2D eigenvalue weighted by molar-refractivity contribution is 7.14. The minimum Gasteiger partial charge on any atom is -0.345 e. The minimum atomic E-state index is -0.220. The average molecular weight is 420 g/mol. The smallest absolute Gasteiger partial charge is 0.322 e. The van der Waals surface area contributed by atoms with Gasteiger partial charge in [-0.15, -0.1) is 11.3 Å². The molecule has 1 fully saturated rings. The van der Waals surface area contributed by atoms with E-state index >= 15 is 0 Å². The quantitative estimate of drug-likeness (QED) is 0.618. The molecule has 6 heteroatoms. The Balaban J connectivity index is 1.45. The number of nitrogens with zero attached hydrogens (tertiary/aromatic N) is 1. The highest BCUT2D eigenvalue weighted by Gasteiger charge is 2.30. The Labute approximate surface area is 180 Å². The Kier molecular flexibility index (Phi) is 6.44. The molecule has 2 N–H and O–H groups in total. The lowest BCUT2D eigenvalue weighted by atomic mass is 9.94. The van der Waals surface area contributed by atoms with Gasteiger partial charge in [0.2, 0.25) is 5.91 Å².